The van der Waals surface area contributed by atoms with Crippen molar-refractivity contribution in [2.75, 3.05) is 33.1 Å². The molecule has 0 bridgehead atoms. The van der Waals surface area contributed by atoms with Crippen LogP contribution in [-0.4, -0.2) is 43.7 Å². The fraction of sp³-hybridized carbons (Fsp3) is 0.381. The quantitative estimate of drug-likeness (QED) is 0.754. The number of hydrogen-bond donors (Lipinski definition) is 2. The zero-order chi connectivity index (χ0) is 19.3. The third-order valence-corrected chi connectivity index (χ3v) is 4.74. The van der Waals surface area contributed by atoms with Crippen LogP contribution in [0.5, 0.6) is 5.75 Å². The van der Waals surface area contributed by atoms with Crippen molar-refractivity contribution in [1.82, 2.24) is 4.90 Å². The lowest BCUT2D eigenvalue weighted by Crippen LogP contribution is -2.31. The summed E-state index contributed by atoms with van der Waals surface area (Å²) in [4.78, 5) is 13.8. The van der Waals surface area contributed by atoms with Crippen LogP contribution in [0.25, 0.3) is 0 Å². The zero-order valence-electron chi connectivity index (χ0n) is 16.1. The first-order valence-corrected chi connectivity index (χ1v) is 8.64. The first-order valence-electron chi connectivity index (χ1n) is 8.64. The Morgan fingerprint density at radius 1 is 1.15 bits per heavy atom. The summed E-state index contributed by atoms with van der Waals surface area (Å²) in [6.07, 6.45) is 0. The van der Waals surface area contributed by atoms with Crippen LogP contribution in [0.1, 0.15) is 31.0 Å². The number of carboxylic acid groups (broad SMARTS) is 1. The number of methoxy groups -OCH3 is 1. The molecule has 2 aromatic rings. The molecule has 0 heterocycles. The molecule has 2 N–H and O–H groups in total. The summed E-state index contributed by atoms with van der Waals surface area (Å²) in [6, 6.07) is 15.7. The molecule has 0 aliphatic rings. The third kappa shape index (κ3) is 4.35. The number of carbonyl (C=O) groups is 1. The molecule has 2 aromatic carbocycles. The van der Waals surface area contributed by atoms with Gasteiger partial charge < -0.3 is 20.1 Å². The SMILES string of the molecule is COc1ccc(C(CNc2ccccc2C(C)(C)C(=O)O)N(C)C)cc1. The third-order valence-electron chi connectivity index (χ3n) is 4.74. The van der Waals surface area contributed by atoms with Crippen molar-refractivity contribution >= 4 is 11.7 Å². The van der Waals surface area contributed by atoms with Crippen molar-refractivity contribution in [2.24, 2.45) is 0 Å². The largest absolute Gasteiger partial charge is 0.497 e. The van der Waals surface area contributed by atoms with E-state index in [0.29, 0.717) is 6.54 Å². The Hall–Kier alpha value is -2.53. The van der Waals surface area contributed by atoms with Gasteiger partial charge >= 0.3 is 5.97 Å². The minimum Gasteiger partial charge on any atom is -0.497 e. The van der Waals surface area contributed by atoms with E-state index in [9.17, 15) is 9.90 Å². The Morgan fingerprint density at radius 3 is 2.31 bits per heavy atom. The van der Waals surface area contributed by atoms with Crippen molar-refractivity contribution in [2.45, 2.75) is 25.3 Å². The normalized spacial score (nSPS) is 12.7. The van der Waals surface area contributed by atoms with Gasteiger partial charge in [0.15, 0.2) is 0 Å². The lowest BCUT2D eigenvalue weighted by Gasteiger charge is -2.28. The number of rotatable bonds is 8. The van der Waals surface area contributed by atoms with Crippen molar-refractivity contribution in [3.8, 4) is 5.75 Å². The number of hydrogen-bond acceptors (Lipinski definition) is 4. The van der Waals surface area contributed by atoms with E-state index in [1.807, 2.05) is 50.5 Å². The number of para-hydroxylation sites is 1. The highest BCUT2D eigenvalue weighted by molar-refractivity contribution is 5.83. The maximum absolute atomic E-state index is 11.7. The van der Waals surface area contributed by atoms with Crippen LogP contribution in [0.4, 0.5) is 5.69 Å². The van der Waals surface area contributed by atoms with E-state index < -0.39 is 11.4 Å². The predicted octanol–water partition coefficient (Wildman–Crippen LogP) is 3.77. The molecule has 140 valence electrons. The number of aliphatic carboxylic acids is 1. The van der Waals surface area contributed by atoms with Crippen LogP contribution < -0.4 is 10.1 Å². The molecule has 0 aliphatic heterocycles. The first-order chi connectivity index (χ1) is 12.3. The molecule has 0 spiro atoms. The molecule has 2 rings (SSSR count). The van der Waals surface area contributed by atoms with Crippen LogP contribution in [0.3, 0.4) is 0 Å². The Kier molecular flexibility index (Phi) is 6.27. The number of likely N-dealkylation sites (N-methyl/N-ethyl adjacent to an activating group) is 1. The fourth-order valence-electron chi connectivity index (χ4n) is 2.93. The van der Waals surface area contributed by atoms with Crippen LogP contribution in [0, 0.1) is 0 Å². The Morgan fingerprint density at radius 2 is 1.77 bits per heavy atom. The molecule has 0 fully saturated rings. The molecular weight excluding hydrogens is 328 g/mol. The molecular formula is C21H28N2O3. The number of ether oxygens (including phenoxy) is 1. The first kappa shape index (κ1) is 19.8. The Labute approximate surface area is 155 Å². The van der Waals surface area contributed by atoms with Crippen molar-refractivity contribution in [3.05, 3.63) is 59.7 Å². The predicted molar refractivity (Wildman–Crippen MR) is 105 cm³/mol. The van der Waals surface area contributed by atoms with Gasteiger partial charge in [0.1, 0.15) is 5.75 Å². The van der Waals surface area contributed by atoms with Crippen molar-refractivity contribution in [3.63, 3.8) is 0 Å². The molecule has 0 aliphatic carbocycles. The average Bonchev–Trinajstić information content (AvgIpc) is 2.62. The highest BCUT2D eigenvalue weighted by Crippen LogP contribution is 2.31. The highest BCUT2D eigenvalue weighted by Gasteiger charge is 2.31. The second kappa shape index (κ2) is 8.23. The summed E-state index contributed by atoms with van der Waals surface area (Å²) in [7, 11) is 5.72. The molecule has 5 nitrogen and oxygen atoms in total. The standard InChI is InChI=1S/C21H28N2O3/c1-21(2,20(24)25)17-8-6-7-9-18(17)22-14-19(23(3)4)15-10-12-16(26-5)13-11-15/h6-13,19,22H,14H2,1-5H3,(H,24,25). The van der Waals surface area contributed by atoms with Gasteiger partial charge in [0.25, 0.3) is 0 Å². The van der Waals surface area contributed by atoms with E-state index in [4.69, 9.17) is 4.74 Å². The van der Waals surface area contributed by atoms with Gasteiger partial charge in [0.05, 0.1) is 18.6 Å². The maximum atomic E-state index is 11.7. The second-order valence-electron chi connectivity index (χ2n) is 7.11. The van der Waals surface area contributed by atoms with Crippen LogP contribution in [0.15, 0.2) is 48.5 Å². The zero-order valence-corrected chi connectivity index (χ0v) is 16.1. The molecule has 1 unspecified atom stereocenters. The Bertz CT molecular complexity index is 739. The van der Waals surface area contributed by atoms with Gasteiger partial charge in [0.2, 0.25) is 0 Å². The number of carboxylic acids is 1. The van der Waals surface area contributed by atoms with E-state index in [-0.39, 0.29) is 6.04 Å². The van der Waals surface area contributed by atoms with Crippen LogP contribution in [0.2, 0.25) is 0 Å². The lowest BCUT2D eigenvalue weighted by atomic mass is 9.83. The molecule has 0 saturated carbocycles. The molecule has 5 heteroatoms. The fourth-order valence-corrected chi connectivity index (χ4v) is 2.93. The molecule has 0 aromatic heterocycles. The van der Waals surface area contributed by atoms with E-state index in [0.717, 1.165) is 17.0 Å². The van der Waals surface area contributed by atoms with Gasteiger partial charge in [-0.05, 0) is 57.3 Å². The highest BCUT2D eigenvalue weighted by atomic mass is 16.5. The molecule has 0 radical (unpaired) electrons. The van der Waals surface area contributed by atoms with Gasteiger partial charge in [-0.1, -0.05) is 30.3 Å². The van der Waals surface area contributed by atoms with Crippen LogP contribution in [-0.2, 0) is 10.2 Å². The van der Waals surface area contributed by atoms with Gasteiger partial charge in [-0.25, -0.2) is 0 Å². The molecule has 26 heavy (non-hydrogen) atoms. The average molecular weight is 356 g/mol. The van der Waals surface area contributed by atoms with Crippen LogP contribution >= 0.6 is 0 Å². The summed E-state index contributed by atoms with van der Waals surface area (Å²) in [5, 5.41) is 13.0. The minimum absolute atomic E-state index is 0.141. The number of anilines is 1. The summed E-state index contributed by atoms with van der Waals surface area (Å²) in [6.45, 7) is 4.11. The maximum Gasteiger partial charge on any atom is 0.313 e. The van der Waals surface area contributed by atoms with Crippen molar-refractivity contribution < 1.29 is 14.6 Å². The minimum atomic E-state index is -0.961. The molecule has 0 amide bonds. The smallest absolute Gasteiger partial charge is 0.313 e. The lowest BCUT2D eigenvalue weighted by molar-refractivity contribution is -0.142. The second-order valence-corrected chi connectivity index (χ2v) is 7.11. The number of nitrogens with zero attached hydrogens (tertiary/aromatic N) is 1. The van der Waals surface area contributed by atoms with Gasteiger partial charge in [-0.15, -0.1) is 0 Å². The van der Waals surface area contributed by atoms with Gasteiger partial charge in [0, 0.05) is 12.2 Å². The molecule has 0 saturated heterocycles. The van der Waals surface area contributed by atoms with E-state index in [2.05, 4.69) is 22.3 Å². The molecule has 1 atom stereocenters. The summed E-state index contributed by atoms with van der Waals surface area (Å²) in [5.74, 6) is -0.0150. The number of nitrogens with one attached hydrogen (secondary N) is 1. The van der Waals surface area contributed by atoms with E-state index in [1.165, 1.54) is 5.56 Å². The summed E-state index contributed by atoms with van der Waals surface area (Å²) >= 11 is 0. The van der Waals surface area contributed by atoms with E-state index in [1.54, 1.807) is 21.0 Å². The summed E-state index contributed by atoms with van der Waals surface area (Å²) < 4.78 is 5.23. The van der Waals surface area contributed by atoms with Gasteiger partial charge in [-0.2, -0.15) is 0 Å². The van der Waals surface area contributed by atoms with Crippen molar-refractivity contribution in [1.29, 1.82) is 0 Å². The number of benzene rings is 2. The topological polar surface area (TPSA) is 61.8 Å². The van der Waals surface area contributed by atoms with E-state index >= 15 is 0 Å². The Balaban J connectivity index is 2.23. The monoisotopic (exact) mass is 356 g/mol. The summed E-state index contributed by atoms with van der Waals surface area (Å²) in [5.41, 5.74) is 1.83. The van der Waals surface area contributed by atoms with Gasteiger partial charge in [-0.3, -0.25) is 4.79 Å².